The summed E-state index contributed by atoms with van der Waals surface area (Å²) in [7, 11) is 0. The van der Waals surface area contributed by atoms with Crippen LogP contribution in [0.15, 0.2) is 17.3 Å². The molecule has 1 unspecified atom stereocenters. The Bertz CT molecular complexity index is 266. The molecule has 0 saturated heterocycles. The molecule has 0 heterocycles. The first-order chi connectivity index (χ1) is 6.86. The minimum atomic E-state index is 0.0904. The molecule has 3 heteroatoms. The SMILES string of the molecule is O=C(NN=CC1CC=CCC1)C1CC1. The summed E-state index contributed by atoms with van der Waals surface area (Å²) in [4.78, 5) is 11.2. The number of carbonyl (C=O) groups is 1. The van der Waals surface area contributed by atoms with Crippen LogP contribution in [-0.4, -0.2) is 12.1 Å². The van der Waals surface area contributed by atoms with Gasteiger partial charge >= 0.3 is 0 Å². The molecule has 0 aliphatic heterocycles. The highest BCUT2D eigenvalue weighted by Crippen LogP contribution is 2.28. The van der Waals surface area contributed by atoms with E-state index in [1.165, 1.54) is 0 Å². The smallest absolute Gasteiger partial charge is 0.243 e. The number of nitrogens with one attached hydrogen (secondary N) is 1. The first-order valence-corrected chi connectivity index (χ1v) is 5.34. The highest BCUT2D eigenvalue weighted by atomic mass is 16.2. The Labute approximate surface area is 84.3 Å². The molecule has 1 atom stereocenters. The lowest BCUT2D eigenvalue weighted by molar-refractivity contribution is -0.122. The van der Waals surface area contributed by atoms with Crippen LogP contribution in [0.25, 0.3) is 0 Å². The first kappa shape index (κ1) is 9.44. The highest BCUT2D eigenvalue weighted by molar-refractivity contribution is 5.81. The number of hydrogen-bond donors (Lipinski definition) is 1. The van der Waals surface area contributed by atoms with Crippen molar-refractivity contribution in [2.24, 2.45) is 16.9 Å². The van der Waals surface area contributed by atoms with Crippen molar-refractivity contribution in [3.05, 3.63) is 12.2 Å². The van der Waals surface area contributed by atoms with Crippen LogP contribution in [0.2, 0.25) is 0 Å². The maximum Gasteiger partial charge on any atom is 0.243 e. The van der Waals surface area contributed by atoms with Crippen LogP contribution in [0.5, 0.6) is 0 Å². The molecule has 1 N–H and O–H groups in total. The molecular weight excluding hydrogens is 176 g/mol. The van der Waals surface area contributed by atoms with E-state index in [2.05, 4.69) is 22.7 Å². The van der Waals surface area contributed by atoms with Gasteiger partial charge in [-0.2, -0.15) is 5.10 Å². The molecule has 76 valence electrons. The molecule has 2 aliphatic carbocycles. The molecule has 2 aliphatic rings. The van der Waals surface area contributed by atoms with Crippen molar-refractivity contribution in [2.75, 3.05) is 0 Å². The molecule has 1 amide bonds. The normalized spacial score (nSPS) is 26.7. The second-order valence-electron chi connectivity index (χ2n) is 4.07. The van der Waals surface area contributed by atoms with Crippen molar-refractivity contribution in [1.82, 2.24) is 5.43 Å². The molecule has 1 saturated carbocycles. The van der Waals surface area contributed by atoms with E-state index >= 15 is 0 Å². The van der Waals surface area contributed by atoms with Crippen LogP contribution < -0.4 is 5.43 Å². The summed E-state index contributed by atoms with van der Waals surface area (Å²) in [6.07, 6.45) is 11.7. The van der Waals surface area contributed by atoms with E-state index in [0.717, 1.165) is 32.1 Å². The van der Waals surface area contributed by atoms with Crippen molar-refractivity contribution in [1.29, 1.82) is 0 Å². The molecule has 2 rings (SSSR count). The molecular formula is C11H16N2O. The third kappa shape index (κ3) is 2.69. The Morgan fingerprint density at radius 1 is 1.36 bits per heavy atom. The van der Waals surface area contributed by atoms with Gasteiger partial charge in [-0.1, -0.05) is 12.2 Å². The van der Waals surface area contributed by atoms with Crippen molar-refractivity contribution in [3.63, 3.8) is 0 Å². The van der Waals surface area contributed by atoms with E-state index in [4.69, 9.17) is 0 Å². The Hall–Kier alpha value is -1.12. The number of rotatable bonds is 3. The Morgan fingerprint density at radius 3 is 2.86 bits per heavy atom. The Morgan fingerprint density at radius 2 is 2.21 bits per heavy atom. The van der Waals surface area contributed by atoms with Gasteiger partial charge in [-0.3, -0.25) is 4.79 Å². The number of carbonyl (C=O) groups excluding carboxylic acids is 1. The van der Waals surface area contributed by atoms with Crippen molar-refractivity contribution in [3.8, 4) is 0 Å². The maximum atomic E-state index is 11.2. The molecule has 0 aromatic rings. The van der Waals surface area contributed by atoms with Crippen molar-refractivity contribution in [2.45, 2.75) is 32.1 Å². The maximum absolute atomic E-state index is 11.2. The Balaban J connectivity index is 1.70. The zero-order valence-electron chi connectivity index (χ0n) is 8.28. The number of nitrogens with zero attached hydrogens (tertiary/aromatic N) is 1. The molecule has 0 spiro atoms. The summed E-state index contributed by atoms with van der Waals surface area (Å²) in [6, 6.07) is 0. The van der Waals surface area contributed by atoms with Gasteiger partial charge in [0.15, 0.2) is 0 Å². The van der Waals surface area contributed by atoms with Crippen LogP contribution in [-0.2, 0) is 4.79 Å². The van der Waals surface area contributed by atoms with Gasteiger partial charge < -0.3 is 0 Å². The van der Waals surface area contributed by atoms with Crippen LogP contribution >= 0.6 is 0 Å². The van der Waals surface area contributed by atoms with Crippen LogP contribution in [0.1, 0.15) is 32.1 Å². The minimum Gasteiger partial charge on any atom is -0.273 e. The number of hydrogen-bond acceptors (Lipinski definition) is 2. The molecule has 14 heavy (non-hydrogen) atoms. The topological polar surface area (TPSA) is 41.5 Å². The average molecular weight is 192 g/mol. The Kier molecular flexibility index (Phi) is 2.96. The summed E-state index contributed by atoms with van der Waals surface area (Å²) >= 11 is 0. The zero-order chi connectivity index (χ0) is 9.80. The van der Waals surface area contributed by atoms with Crippen molar-refractivity contribution >= 4 is 12.1 Å². The molecule has 0 bridgehead atoms. The largest absolute Gasteiger partial charge is 0.273 e. The lowest BCUT2D eigenvalue weighted by Crippen LogP contribution is -2.20. The van der Waals surface area contributed by atoms with Crippen molar-refractivity contribution < 1.29 is 4.79 Å². The fourth-order valence-corrected chi connectivity index (χ4v) is 1.60. The summed E-state index contributed by atoms with van der Waals surface area (Å²) in [5.41, 5.74) is 2.60. The second-order valence-corrected chi connectivity index (χ2v) is 4.07. The van der Waals surface area contributed by atoms with E-state index < -0.39 is 0 Å². The lowest BCUT2D eigenvalue weighted by Gasteiger charge is -2.11. The van der Waals surface area contributed by atoms with E-state index in [1.807, 2.05) is 6.21 Å². The summed E-state index contributed by atoms with van der Waals surface area (Å²) in [5, 5.41) is 4.00. The average Bonchev–Trinajstić information content (AvgIpc) is 3.02. The van der Waals surface area contributed by atoms with Gasteiger partial charge in [0.05, 0.1) is 0 Å². The molecule has 1 fully saturated rings. The van der Waals surface area contributed by atoms with Gasteiger partial charge in [0.2, 0.25) is 5.91 Å². The third-order valence-corrected chi connectivity index (χ3v) is 2.72. The van der Waals surface area contributed by atoms with Gasteiger partial charge in [0, 0.05) is 12.1 Å². The first-order valence-electron chi connectivity index (χ1n) is 5.34. The second kappa shape index (κ2) is 4.40. The molecule has 0 aromatic heterocycles. The van der Waals surface area contributed by atoms with Crippen LogP contribution in [0.3, 0.4) is 0 Å². The molecule has 0 aromatic carbocycles. The minimum absolute atomic E-state index is 0.0904. The number of allylic oxidation sites excluding steroid dienone is 2. The standard InChI is InChI=1S/C11H16N2O/c14-11(10-6-7-10)13-12-8-9-4-2-1-3-5-9/h1-2,8-10H,3-7H2,(H,13,14). The van der Waals surface area contributed by atoms with Gasteiger partial charge in [0.25, 0.3) is 0 Å². The van der Waals surface area contributed by atoms with Gasteiger partial charge in [-0.05, 0) is 38.0 Å². The predicted molar refractivity (Wildman–Crippen MR) is 55.8 cm³/mol. The fourth-order valence-electron chi connectivity index (χ4n) is 1.60. The molecule has 3 nitrogen and oxygen atoms in total. The number of hydrazone groups is 1. The molecule has 0 radical (unpaired) electrons. The van der Waals surface area contributed by atoms with Gasteiger partial charge in [-0.15, -0.1) is 0 Å². The van der Waals surface area contributed by atoms with Crippen LogP contribution in [0, 0.1) is 11.8 Å². The predicted octanol–water partition coefficient (Wildman–Crippen LogP) is 1.85. The van der Waals surface area contributed by atoms with E-state index in [0.29, 0.717) is 5.92 Å². The van der Waals surface area contributed by atoms with E-state index in [1.54, 1.807) is 0 Å². The summed E-state index contributed by atoms with van der Waals surface area (Å²) in [5.74, 6) is 0.852. The summed E-state index contributed by atoms with van der Waals surface area (Å²) < 4.78 is 0. The zero-order valence-corrected chi connectivity index (χ0v) is 8.28. The van der Waals surface area contributed by atoms with Gasteiger partial charge in [0.1, 0.15) is 0 Å². The van der Waals surface area contributed by atoms with Crippen LogP contribution in [0.4, 0.5) is 0 Å². The van der Waals surface area contributed by atoms with E-state index in [-0.39, 0.29) is 11.8 Å². The number of amides is 1. The van der Waals surface area contributed by atoms with Gasteiger partial charge in [-0.25, -0.2) is 5.43 Å². The summed E-state index contributed by atoms with van der Waals surface area (Å²) in [6.45, 7) is 0. The fraction of sp³-hybridized carbons (Fsp3) is 0.636. The highest BCUT2D eigenvalue weighted by Gasteiger charge is 2.29. The van der Waals surface area contributed by atoms with E-state index in [9.17, 15) is 4.79 Å². The third-order valence-electron chi connectivity index (χ3n) is 2.72. The lowest BCUT2D eigenvalue weighted by atomic mass is 9.96. The monoisotopic (exact) mass is 192 g/mol. The quantitative estimate of drug-likeness (QED) is 0.414.